The van der Waals surface area contributed by atoms with Crippen molar-refractivity contribution in [2.24, 2.45) is 0 Å². The van der Waals surface area contributed by atoms with Crippen molar-refractivity contribution in [3.63, 3.8) is 0 Å². The highest BCUT2D eigenvalue weighted by atomic mass is 16.5. The summed E-state index contributed by atoms with van der Waals surface area (Å²) in [4.78, 5) is 3.92. The maximum absolute atomic E-state index is 8.49. The number of ether oxygens (including phenoxy) is 1. The second kappa shape index (κ2) is 3.92. The van der Waals surface area contributed by atoms with Gasteiger partial charge in [0.2, 0.25) is 5.88 Å². The predicted octanol–water partition coefficient (Wildman–Crippen LogP) is 0.343. The average molecular weight is 168 g/mol. The lowest BCUT2D eigenvalue weighted by atomic mass is 10.2. The number of hydrogen-bond donors (Lipinski definition) is 2. The molecule has 0 radical (unpaired) electrons. The first kappa shape index (κ1) is 8.80. The largest absolute Gasteiger partial charge is 0.474 e. The maximum Gasteiger partial charge on any atom is 0.237 e. The summed E-state index contributed by atoms with van der Waals surface area (Å²) < 4.78 is 5.08. The third kappa shape index (κ3) is 1.85. The summed E-state index contributed by atoms with van der Waals surface area (Å²) in [5.41, 5.74) is 7.12. The number of aryl methyl sites for hydroxylation is 1. The number of pyridine rings is 1. The van der Waals surface area contributed by atoms with Crippen LogP contribution < -0.4 is 10.5 Å². The molecule has 1 rings (SSSR count). The highest BCUT2D eigenvalue weighted by molar-refractivity contribution is 5.53. The minimum absolute atomic E-state index is 0.0327. The molecule has 1 aromatic heterocycles. The summed E-state index contributed by atoms with van der Waals surface area (Å²) >= 11 is 0. The number of aliphatic hydroxyl groups is 1. The van der Waals surface area contributed by atoms with E-state index in [2.05, 4.69) is 4.98 Å². The van der Waals surface area contributed by atoms with Gasteiger partial charge in [-0.05, 0) is 18.6 Å². The first-order chi connectivity index (χ1) is 5.75. The number of hydrogen-bond acceptors (Lipinski definition) is 4. The Kier molecular flexibility index (Phi) is 2.88. The molecule has 1 aromatic rings. The molecule has 12 heavy (non-hydrogen) atoms. The van der Waals surface area contributed by atoms with Crippen molar-refractivity contribution in [2.45, 2.75) is 6.92 Å². The van der Waals surface area contributed by atoms with Crippen molar-refractivity contribution in [1.29, 1.82) is 0 Å². The van der Waals surface area contributed by atoms with E-state index in [9.17, 15) is 0 Å². The van der Waals surface area contributed by atoms with Crippen LogP contribution in [0, 0.1) is 6.92 Å². The monoisotopic (exact) mass is 168 g/mol. The molecule has 0 aromatic carbocycles. The van der Waals surface area contributed by atoms with Gasteiger partial charge in [-0.1, -0.05) is 0 Å². The fraction of sp³-hybridized carbons (Fsp3) is 0.375. The van der Waals surface area contributed by atoms with Gasteiger partial charge in [0.1, 0.15) is 6.61 Å². The van der Waals surface area contributed by atoms with Crippen LogP contribution in [0.15, 0.2) is 12.3 Å². The summed E-state index contributed by atoms with van der Waals surface area (Å²) in [6, 6.07) is 1.81. The Morgan fingerprint density at radius 1 is 1.67 bits per heavy atom. The lowest BCUT2D eigenvalue weighted by Gasteiger charge is -2.07. The molecule has 0 saturated carbocycles. The van der Waals surface area contributed by atoms with E-state index >= 15 is 0 Å². The normalized spacial score (nSPS) is 9.83. The smallest absolute Gasteiger partial charge is 0.237 e. The summed E-state index contributed by atoms with van der Waals surface area (Å²) in [6.45, 7) is 2.07. The van der Waals surface area contributed by atoms with Gasteiger partial charge in [0.15, 0.2) is 0 Å². The van der Waals surface area contributed by atoms with Crippen molar-refractivity contribution >= 4 is 5.69 Å². The van der Waals surface area contributed by atoms with Gasteiger partial charge >= 0.3 is 0 Å². The van der Waals surface area contributed by atoms with E-state index in [1.165, 1.54) is 0 Å². The van der Waals surface area contributed by atoms with Crippen LogP contribution in [0.5, 0.6) is 5.88 Å². The molecule has 0 atom stereocenters. The number of rotatable bonds is 3. The van der Waals surface area contributed by atoms with E-state index in [0.29, 0.717) is 11.6 Å². The second-order valence-corrected chi connectivity index (χ2v) is 2.42. The van der Waals surface area contributed by atoms with Crippen LogP contribution in [0.3, 0.4) is 0 Å². The van der Waals surface area contributed by atoms with Gasteiger partial charge < -0.3 is 15.6 Å². The van der Waals surface area contributed by atoms with Crippen LogP contribution in [0.4, 0.5) is 5.69 Å². The minimum Gasteiger partial charge on any atom is -0.474 e. The number of nitrogens with zero attached hydrogens (tertiary/aromatic N) is 1. The molecular weight excluding hydrogens is 156 g/mol. The highest BCUT2D eigenvalue weighted by Crippen LogP contribution is 2.20. The summed E-state index contributed by atoms with van der Waals surface area (Å²) in [5.74, 6) is 0.393. The van der Waals surface area contributed by atoms with Crippen molar-refractivity contribution < 1.29 is 9.84 Å². The quantitative estimate of drug-likeness (QED) is 0.683. The van der Waals surface area contributed by atoms with Gasteiger partial charge in [-0.3, -0.25) is 0 Å². The fourth-order valence-electron chi connectivity index (χ4n) is 0.802. The molecule has 0 aliphatic heterocycles. The fourth-order valence-corrected chi connectivity index (χ4v) is 0.802. The zero-order valence-corrected chi connectivity index (χ0v) is 6.95. The zero-order chi connectivity index (χ0) is 8.97. The summed E-state index contributed by atoms with van der Waals surface area (Å²) in [7, 11) is 0. The standard InChI is InChI=1S/C8H12N2O2/c1-6-2-3-10-8(7(6)9)12-5-4-11/h2-3,11H,4-5,9H2,1H3. The van der Waals surface area contributed by atoms with Gasteiger partial charge in [0.25, 0.3) is 0 Å². The van der Waals surface area contributed by atoms with Gasteiger partial charge in [-0.25, -0.2) is 4.98 Å². The lowest BCUT2D eigenvalue weighted by Crippen LogP contribution is -2.06. The summed E-state index contributed by atoms with van der Waals surface area (Å²) in [6.07, 6.45) is 1.62. The van der Waals surface area contributed by atoms with Crippen LogP contribution in [0.2, 0.25) is 0 Å². The Labute approximate surface area is 71.0 Å². The Hall–Kier alpha value is -1.29. The van der Waals surface area contributed by atoms with Gasteiger partial charge in [-0.2, -0.15) is 0 Å². The molecule has 4 heteroatoms. The number of aliphatic hydroxyl groups excluding tert-OH is 1. The number of aromatic nitrogens is 1. The Bertz CT molecular complexity index is 263. The maximum atomic E-state index is 8.49. The van der Waals surface area contributed by atoms with Gasteiger partial charge in [0, 0.05) is 6.20 Å². The molecule has 0 unspecified atom stereocenters. The van der Waals surface area contributed by atoms with Crippen molar-refractivity contribution in [2.75, 3.05) is 18.9 Å². The predicted molar refractivity (Wildman–Crippen MR) is 46.0 cm³/mol. The van der Waals surface area contributed by atoms with E-state index in [4.69, 9.17) is 15.6 Å². The highest BCUT2D eigenvalue weighted by Gasteiger charge is 2.02. The molecule has 0 amide bonds. The Morgan fingerprint density at radius 3 is 3.08 bits per heavy atom. The lowest BCUT2D eigenvalue weighted by molar-refractivity contribution is 0.197. The van der Waals surface area contributed by atoms with Crippen LogP contribution >= 0.6 is 0 Å². The van der Waals surface area contributed by atoms with Crippen LogP contribution in [-0.4, -0.2) is 23.3 Å². The molecule has 0 saturated heterocycles. The van der Waals surface area contributed by atoms with Crippen molar-refractivity contribution in [1.82, 2.24) is 4.98 Å². The average Bonchev–Trinajstić information content (AvgIpc) is 2.08. The first-order valence-electron chi connectivity index (χ1n) is 3.70. The number of anilines is 1. The third-order valence-electron chi connectivity index (χ3n) is 1.50. The molecule has 66 valence electrons. The van der Waals surface area contributed by atoms with Gasteiger partial charge in [-0.15, -0.1) is 0 Å². The number of nitrogens with two attached hydrogens (primary N) is 1. The van der Waals surface area contributed by atoms with Crippen molar-refractivity contribution in [3.8, 4) is 5.88 Å². The molecule has 0 spiro atoms. The Balaban J connectivity index is 2.78. The topological polar surface area (TPSA) is 68.4 Å². The van der Waals surface area contributed by atoms with E-state index in [1.807, 2.05) is 6.92 Å². The molecule has 1 heterocycles. The van der Waals surface area contributed by atoms with Gasteiger partial charge in [0.05, 0.1) is 12.3 Å². The minimum atomic E-state index is -0.0327. The molecule has 0 aliphatic carbocycles. The molecule has 0 bridgehead atoms. The molecule has 4 nitrogen and oxygen atoms in total. The Morgan fingerprint density at radius 2 is 2.42 bits per heavy atom. The molecule has 3 N–H and O–H groups in total. The van der Waals surface area contributed by atoms with Crippen molar-refractivity contribution in [3.05, 3.63) is 17.8 Å². The second-order valence-electron chi connectivity index (χ2n) is 2.42. The van der Waals surface area contributed by atoms with E-state index in [0.717, 1.165) is 5.56 Å². The van der Waals surface area contributed by atoms with Crippen LogP contribution in [-0.2, 0) is 0 Å². The van der Waals surface area contributed by atoms with E-state index in [-0.39, 0.29) is 13.2 Å². The van der Waals surface area contributed by atoms with Crippen LogP contribution in [0.25, 0.3) is 0 Å². The third-order valence-corrected chi connectivity index (χ3v) is 1.50. The first-order valence-corrected chi connectivity index (χ1v) is 3.70. The molecule has 0 aliphatic rings. The SMILES string of the molecule is Cc1ccnc(OCCO)c1N. The van der Waals surface area contributed by atoms with E-state index in [1.54, 1.807) is 12.3 Å². The summed E-state index contributed by atoms with van der Waals surface area (Å²) in [5, 5.41) is 8.49. The molecule has 0 fully saturated rings. The zero-order valence-electron chi connectivity index (χ0n) is 6.95. The molecular formula is C8H12N2O2. The number of nitrogen functional groups attached to an aromatic ring is 1. The van der Waals surface area contributed by atoms with E-state index < -0.39 is 0 Å². The van der Waals surface area contributed by atoms with Crippen LogP contribution in [0.1, 0.15) is 5.56 Å².